The van der Waals surface area contributed by atoms with E-state index in [1.165, 1.54) is 13.1 Å². The van der Waals surface area contributed by atoms with Crippen molar-refractivity contribution >= 4 is 39.6 Å². The van der Waals surface area contributed by atoms with E-state index in [1.807, 2.05) is 0 Å². The molecule has 0 unspecified atom stereocenters. The Morgan fingerprint density at radius 2 is 1.77 bits per heavy atom. The minimum absolute atomic E-state index is 0.116. The number of nitrogen functional groups attached to an aromatic ring is 1. The number of hydrazine groups is 1. The minimum Gasteiger partial charge on any atom is -0.409 e. The number of halogens is 3. The molecule has 0 aliphatic rings. The van der Waals surface area contributed by atoms with Crippen molar-refractivity contribution in [2.24, 2.45) is 7.05 Å². The Bertz CT molecular complexity index is 1720. The fourth-order valence-electron chi connectivity index (χ4n) is 4.15. The van der Waals surface area contributed by atoms with Crippen LogP contribution in [0.3, 0.4) is 0 Å². The normalized spacial score (nSPS) is 11.5. The van der Waals surface area contributed by atoms with Crippen LogP contribution in [0, 0.1) is 0 Å². The van der Waals surface area contributed by atoms with Crippen molar-refractivity contribution < 1.29 is 27.5 Å². The molecule has 0 bridgehead atoms. The number of carbonyl (C=O) groups is 2. The number of anilines is 1. The first-order valence-corrected chi connectivity index (χ1v) is 11.9. The van der Waals surface area contributed by atoms with Crippen LogP contribution in [0.25, 0.3) is 21.8 Å². The fraction of sp³-hybridized carbons (Fsp3) is 0.148. The second-order valence-corrected chi connectivity index (χ2v) is 8.86. The van der Waals surface area contributed by atoms with Crippen molar-refractivity contribution in [2.45, 2.75) is 12.7 Å². The lowest BCUT2D eigenvalue weighted by Gasteiger charge is -2.31. The lowest BCUT2D eigenvalue weighted by Crippen LogP contribution is -2.48. The number of hydrogen-bond donors (Lipinski definition) is 1. The number of pyridine rings is 2. The van der Waals surface area contributed by atoms with Gasteiger partial charge in [0.2, 0.25) is 0 Å². The minimum atomic E-state index is -4.57. The maximum atomic E-state index is 13.8. The fourth-order valence-corrected chi connectivity index (χ4v) is 4.15. The van der Waals surface area contributed by atoms with Crippen LogP contribution in [0.15, 0.2) is 73.1 Å². The number of rotatable bonds is 4. The Labute approximate surface area is 225 Å². The van der Waals surface area contributed by atoms with E-state index in [9.17, 15) is 22.8 Å². The van der Waals surface area contributed by atoms with E-state index in [0.29, 0.717) is 28.0 Å². The maximum absolute atomic E-state index is 13.8. The highest BCUT2D eigenvalue weighted by Crippen LogP contribution is 2.30. The largest absolute Gasteiger partial charge is 0.434 e. The third-order valence-electron chi connectivity index (χ3n) is 6.23. The first kappa shape index (κ1) is 26.4. The molecule has 0 saturated heterocycles. The van der Waals surface area contributed by atoms with E-state index >= 15 is 0 Å². The zero-order valence-electron chi connectivity index (χ0n) is 21.3. The molecule has 40 heavy (non-hydrogen) atoms. The molecule has 0 aliphatic carbocycles. The summed E-state index contributed by atoms with van der Waals surface area (Å²) in [5.41, 5.74) is 6.60. The molecule has 5 rings (SSSR count). The average molecular weight is 550 g/mol. The standard InChI is InChI=1S/C27H22F3N7O3/c1-35-23-20-12-16(8-11-22(20)34-24(31)21(23)14-33-35)25(38)37(15-18-10-9-17(13-32-18)27(28,29)30)36(2)26(39)40-19-6-4-3-5-7-19/h3-14H,15H2,1-2H3,(H2,31,34). The molecule has 2 aromatic carbocycles. The molecule has 2 N–H and O–H groups in total. The van der Waals surface area contributed by atoms with Crippen LogP contribution < -0.4 is 10.5 Å². The Kier molecular flexibility index (Phi) is 6.71. The third-order valence-corrected chi connectivity index (χ3v) is 6.23. The zero-order valence-corrected chi connectivity index (χ0v) is 21.3. The Balaban J connectivity index is 1.53. The highest BCUT2D eigenvalue weighted by Gasteiger charge is 2.31. The van der Waals surface area contributed by atoms with Crippen molar-refractivity contribution in [1.29, 1.82) is 0 Å². The summed E-state index contributed by atoms with van der Waals surface area (Å²) in [6, 6.07) is 15.0. The molecule has 0 atom stereocenters. The van der Waals surface area contributed by atoms with Gasteiger partial charge in [-0.25, -0.2) is 19.8 Å². The molecule has 2 amide bonds. The quantitative estimate of drug-likeness (QED) is 0.320. The monoisotopic (exact) mass is 549 g/mol. The van der Waals surface area contributed by atoms with Crippen molar-refractivity contribution in [3.8, 4) is 5.75 Å². The number of ether oxygens (including phenoxy) is 1. The second kappa shape index (κ2) is 10.2. The van der Waals surface area contributed by atoms with Gasteiger partial charge in [-0.3, -0.25) is 14.5 Å². The molecular weight excluding hydrogens is 527 g/mol. The Morgan fingerprint density at radius 1 is 1.02 bits per heavy atom. The van der Waals surface area contributed by atoms with E-state index < -0.39 is 23.7 Å². The summed E-state index contributed by atoms with van der Waals surface area (Å²) in [6.45, 7) is -0.323. The summed E-state index contributed by atoms with van der Waals surface area (Å²) in [5.74, 6) is -0.108. The van der Waals surface area contributed by atoms with Gasteiger partial charge in [0.15, 0.2) is 0 Å². The van der Waals surface area contributed by atoms with E-state index in [0.717, 1.165) is 22.2 Å². The molecule has 5 aromatic rings. The van der Waals surface area contributed by atoms with E-state index in [1.54, 1.807) is 60.4 Å². The number of aromatic nitrogens is 4. The Morgan fingerprint density at radius 3 is 2.45 bits per heavy atom. The van der Waals surface area contributed by atoms with E-state index in [-0.39, 0.29) is 29.4 Å². The third kappa shape index (κ3) is 5.08. The summed E-state index contributed by atoms with van der Waals surface area (Å²) >= 11 is 0. The van der Waals surface area contributed by atoms with Crippen molar-refractivity contribution in [2.75, 3.05) is 12.8 Å². The van der Waals surface area contributed by atoms with Crippen LogP contribution in [0.5, 0.6) is 5.75 Å². The summed E-state index contributed by atoms with van der Waals surface area (Å²) < 4.78 is 46.1. The number of alkyl halides is 3. The van der Waals surface area contributed by atoms with Crippen molar-refractivity contribution in [3.63, 3.8) is 0 Å². The molecule has 0 radical (unpaired) electrons. The van der Waals surface area contributed by atoms with Crippen LogP contribution in [-0.4, -0.2) is 48.8 Å². The number of para-hydroxylation sites is 1. The van der Waals surface area contributed by atoms with E-state index in [2.05, 4.69) is 15.1 Å². The molecular formula is C27H22F3N7O3. The smallest absolute Gasteiger partial charge is 0.409 e. The highest BCUT2D eigenvalue weighted by atomic mass is 19.4. The van der Waals surface area contributed by atoms with Crippen molar-refractivity contribution in [1.82, 2.24) is 29.8 Å². The van der Waals surface area contributed by atoms with Crippen LogP contribution in [0.4, 0.5) is 23.8 Å². The van der Waals surface area contributed by atoms with Crippen LogP contribution >= 0.6 is 0 Å². The van der Waals surface area contributed by atoms with Gasteiger partial charge in [0.05, 0.1) is 40.4 Å². The maximum Gasteiger partial charge on any atom is 0.434 e. The number of fused-ring (bicyclic) bond motifs is 3. The molecule has 3 heterocycles. The van der Waals surface area contributed by atoms with E-state index in [4.69, 9.17) is 10.5 Å². The van der Waals surface area contributed by atoms with Gasteiger partial charge in [0.25, 0.3) is 5.91 Å². The first-order valence-electron chi connectivity index (χ1n) is 11.9. The SMILES string of the molecule is CN(C(=O)Oc1ccccc1)N(Cc1ccc(C(F)(F)F)cn1)C(=O)c1ccc2nc(N)c3cnn(C)c3c2c1. The number of benzene rings is 2. The van der Waals surface area contributed by atoms with Crippen LogP contribution in [0.2, 0.25) is 0 Å². The molecule has 3 aromatic heterocycles. The highest BCUT2D eigenvalue weighted by molar-refractivity contribution is 6.10. The summed E-state index contributed by atoms with van der Waals surface area (Å²) in [7, 11) is 3.04. The number of nitrogens with zero attached hydrogens (tertiary/aromatic N) is 6. The van der Waals surface area contributed by atoms with Crippen LogP contribution in [-0.2, 0) is 19.8 Å². The number of nitrogens with two attached hydrogens (primary N) is 1. The molecule has 0 saturated carbocycles. The molecule has 13 heteroatoms. The zero-order chi connectivity index (χ0) is 28.6. The second-order valence-electron chi connectivity index (χ2n) is 8.86. The molecule has 0 aliphatic heterocycles. The van der Waals surface area contributed by atoms with Gasteiger partial charge in [-0.1, -0.05) is 18.2 Å². The van der Waals surface area contributed by atoms with Gasteiger partial charge >= 0.3 is 12.3 Å². The summed E-state index contributed by atoms with van der Waals surface area (Å²) in [5, 5.41) is 7.41. The van der Waals surface area contributed by atoms with Gasteiger partial charge < -0.3 is 10.5 Å². The van der Waals surface area contributed by atoms with Gasteiger partial charge in [-0.15, -0.1) is 0 Å². The predicted molar refractivity (Wildman–Crippen MR) is 140 cm³/mol. The topological polar surface area (TPSA) is 119 Å². The molecule has 0 fully saturated rings. The van der Waals surface area contributed by atoms with Crippen LogP contribution in [0.1, 0.15) is 21.6 Å². The van der Waals surface area contributed by atoms with Gasteiger partial charge in [0.1, 0.15) is 11.6 Å². The lowest BCUT2D eigenvalue weighted by molar-refractivity contribution is -0.137. The van der Waals surface area contributed by atoms with Gasteiger partial charge in [-0.05, 0) is 42.5 Å². The Hall–Kier alpha value is -5.20. The number of carbonyl (C=O) groups excluding carboxylic acids is 2. The van der Waals surface area contributed by atoms with Gasteiger partial charge in [0, 0.05) is 31.2 Å². The van der Waals surface area contributed by atoms with Gasteiger partial charge in [-0.2, -0.15) is 18.3 Å². The number of amides is 2. The first-order chi connectivity index (χ1) is 19.0. The predicted octanol–water partition coefficient (Wildman–Crippen LogP) is 4.81. The molecule has 0 spiro atoms. The summed E-state index contributed by atoms with van der Waals surface area (Å²) in [4.78, 5) is 35.1. The number of hydrogen-bond acceptors (Lipinski definition) is 7. The van der Waals surface area contributed by atoms with Crippen molar-refractivity contribution in [3.05, 3.63) is 89.9 Å². The summed E-state index contributed by atoms with van der Waals surface area (Å²) in [6.07, 6.45) is -3.22. The average Bonchev–Trinajstić information content (AvgIpc) is 3.33. The lowest BCUT2D eigenvalue weighted by atomic mass is 10.1. The molecule has 10 nitrogen and oxygen atoms in total. The molecule has 204 valence electrons. The number of aryl methyl sites for hydroxylation is 1.